The van der Waals surface area contributed by atoms with Gasteiger partial charge >= 0.3 is 11.9 Å². The Kier molecular flexibility index (Phi) is 4.29. The Balaban J connectivity index is 1.46. The van der Waals surface area contributed by atoms with E-state index in [0.29, 0.717) is 11.3 Å². The lowest BCUT2D eigenvalue weighted by atomic mass is 9.80. The Bertz CT molecular complexity index is 760. The third-order valence-corrected chi connectivity index (χ3v) is 7.03. The number of fused-ring (bicyclic) bond motifs is 1. The third-order valence-electron chi connectivity index (χ3n) is 5.83. The number of esters is 2. The molecule has 0 amide bonds. The van der Waals surface area contributed by atoms with Crippen LogP contribution in [0.5, 0.6) is 5.75 Å². The van der Waals surface area contributed by atoms with Crippen LogP contribution < -0.4 is 4.74 Å². The van der Waals surface area contributed by atoms with E-state index in [-0.39, 0.29) is 34.5 Å². The van der Waals surface area contributed by atoms with Gasteiger partial charge < -0.3 is 14.2 Å². The second-order valence-electron chi connectivity index (χ2n) is 7.13. The summed E-state index contributed by atoms with van der Waals surface area (Å²) in [7, 11) is 1.55. The van der Waals surface area contributed by atoms with Gasteiger partial charge in [0.1, 0.15) is 11.9 Å². The number of alkyl halides is 1. The van der Waals surface area contributed by atoms with Gasteiger partial charge in [0.2, 0.25) is 5.78 Å². The van der Waals surface area contributed by atoms with E-state index in [1.165, 1.54) is 0 Å². The van der Waals surface area contributed by atoms with Crippen molar-refractivity contribution in [2.24, 2.45) is 23.7 Å². The first-order valence-electron chi connectivity index (χ1n) is 8.65. The van der Waals surface area contributed by atoms with E-state index in [0.717, 1.165) is 6.42 Å². The van der Waals surface area contributed by atoms with Gasteiger partial charge in [0.05, 0.1) is 23.8 Å². The Labute approximate surface area is 159 Å². The molecule has 7 heteroatoms. The summed E-state index contributed by atoms with van der Waals surface area (Å²) in [5.41, 5.74) is 0.442. The first kappa shape index (κ1) is 17.5. The number of methoxy groups -OCH3 is 1. The molecule has 1 aliphatic heterocycles. The maximum absolute atomic E-state index is 12.7. The lowest BCUT2D eigenvalue weighted by Gasteiger charge is -2.27. The zero-order chi connectivity index (χ0) is 18.6. The van der Waals surface area contributed by atoms with Crippen LogP contribution in [0, 0.1) is 23.7 Å². The standard InChI is InChI=1S/C19H19BrO6/c1-8(16(21)9-3-5-10(24-2)6-4-9)25-18(22)13-11-7-12-14(13)19(23)26-17(12)15(11)20/h3-6,8,11-15,17H,7H2,1-2H3/t8-,11+,12+,13+,14+,15-,17-/m0/s1. The third kappa shape index (κ3) is 2.55. The molecule has 0 unspecified atom stereocenters. The van der Waals surface area contributed by atoms with Crippen molar-refractivity contribution in [3.05, 3.63) is 29.8 Å². The van der Waals surface area contributed by atoms with Crippen LogP contribution in [0.1, 0.15) is 23.7 Å². The van der Waals surface area contributed by atoms with Crippen molar-refractivity contribution < 1.29 is 28.6 Å². The van der Waals surface area contributed by atoms with Crippen molar-refractivity contribution in [3.8, 4) is 5.75 Å². The number of carbonyl (C=O) groups excluding carboxylic acids is 3. The quantitative estimate of drug-likeness (QED) is 0.411. The maximum Gasteiger partial charge on any atom is 0.310 e. The summed E-state index contributed by atoms with van der Waals surface area (Å²) in [5.74, 6) is -1.34. The summed E-state index contributed by atoms with van der Waals surface area (Å²) in [4.78, 5) is 37.4. The Morgan fingerprint density at radius 3 is 2.58 bits per heavy atom. The molecule has 7 atom stereocenters. The molecule has 138 valence electrons. The van der Waals surface area contributed by atoms with Crippen LogP contribution in [0.3, 0.4) is 0 Å². The molecule has 1 heterocycles. The SMILES string of the molecule is COc1ccc(C(=O)[C@H](C)OC(=O)[C@@H]2[C@H]3C[C@H]4[C@H](OC(=O)[C@H]42)[C@H]3Br)cc1. The monoisotopic (exact) mass is 422 g/mol. The predicted molar refractivity (Wildman–Crippen MR) is 94.1 cm³/mol. The summed E-state index contributed by atoms with van der Waals surface area (Å²) in [5, 5.41) is 0. The predicted octanol–water partition coefficient (Wildman–Crippen LogP) is 2.38. The molecular weight excluding hydrogens is 404 g/mol. The number of carbonyl (C=O) groups is 3. The van der Waals surface area contributed by atoms with Gasteiger partial charge in [-0.05, 0) is 43.5 Å². The molecule has 0 aromatic heterocycles. The van der Waals surface area contributed by atoms with Gasteiger partial charge in [0, 0.05) is 11.5 Å². The van der Waals surface area contributed by atoms with Gasteiger partial charge in [0.15, 0.2) is 6.10 Å². The van der Waals surface area contributed by atoms with Crippen LogP contribution in [0.25, 0.3) is 0 Å². The molecule has 3 aliphatic rings. The van der Waals surface area contributed by atoms with Crippen molar-refractivity contribution in [2.75, 3.05) is 7.11 Å². The van der Waals surface area contributed by atoms with Gasteiger partial charge in [-0.25, -0.2) is 0 Å². The molecule has 0 radical (unpaired) electrons. The number of Topliss-reactive ketones (excluding diaryl/α,β-unsaturated/α-hetero) is 1. The minimum atomic E-state index is -0.919. The lowest BCUT2D eigenvalue weighted by Crippen LogP contribution is -2.40. The number of ether oxygens (including phenoxy) is 3. The topological polar surface area (TPSA) is 78.9 Å². The normalized spacial score (nSPS) is 35.1. The maximum atomic E-state index is 12.7. The smallest absolute Gasteiger partial charge is 0.310 e. The van der Waals surface area contributed by atoms with Crippen molar-refractivity contribution in [3.63, 3.8) is 0 Å². The summed E-state index contributed by atoms with van der Waals surface area (Å²) < 4.78 is 15.9. The fraction of sp³-hybridized carbons (Fsp3) is 0.526. The highest BCUT2D eigenvalue weighted by Gasteiger charge is 2.68. The van der Waals surface area contributed by atoms with Gasteiger partial charge in [-0.3, -0.25) is 14.4 Å². The fourth-order valence-electron chi connectivity index (χ4n) is 4.59. The molecule has 6 nitrogen and oxygen atoms in total. The zero-order valence-corrected chi connectivity index (χ0v) is 16.0. The summed E-state index contributed by atoms with van der Waals surface area (Å²) in [6.07, 6.45) is -0.283. The zero-order valence-electron chi connectivity index (χ0n) is 14.4. The lowest BCUT2D eigenvalue weighted by molar-refractivity contribution is -0.157. The van der Waals surface area contributed by atoms with Crippen LogP contribution in [0.4, 0.5) is 0 Å². The van der Waals surface area contributed by atoms with Gasteiger partial charge in [-0.2, -0.15) is 0 Å². The van der Waals surface area contributed by atoms with E-state index in [9.17, 15) is 14.4 Å². The molecular formula is C19H19BrO6. The van der Waals surface area contributed by atoms with Crippen LogP contribution in [-0.2, 0) is 19.1 Å². The van der Waals surface area contributed by atoms with E-state index in [4.69, 9.17) is 14.2 Å². The van der Waals surface area contributed by atoms with E-state index < -0.39 is 23.9 Å². The Morgan fingerprint density at radius 1 is 1.23 bits per heavy atom. The molecule has 4 rings (SSSR count). The fourth-order valence-corrected chi connectivity index (χ4v) is 5.64. The van der Waals surface area contributed by atoms with Crippen LogP contribution in [0.15, 0.2) is 24.3 Å². The Morgan fingerprint density at radius 2 is 1.92 bits per heavy atom. The van der Waals surface area contributed by atoms with E-state index in [2.05, 4.69) is 15.9 Å². The molecule has 0 spiro atoms. The molecule has 26 heavy (non-hydrogen) atoms. The summed E-state index contributed by atoms with van der Waals surface area (Å²) in [6.45, 7) is 1.55. The van der Waals surface area contributed by atoms with Gasteiger partial charge in [-0.1, -0.05) is 15.9 Å². The number of hydrogen-bond acceptors (Lipinski definition) is 6. The van der Waals surface area contributed by atoms with Crippen molar-refractivity contribution in [2.45, 2.75) is 30.4 Å². The first-order chi connectivity index (χ1) is 12.4. The van der Waals surface area contributed by atoms with Crippen LogP contribution in [0.2, 0.25) is 0 Å². The number of halogens is 1. The number of benzene rings is 1. The van der Waals surface area contributed by atoms with Crippen LogP contribution >= 0.6 is 15.9 Å². The highest BCUT2D eigenvalue weighted by Crippen LogP contribution is 2.60. The minimum Gasteiger partial charge on any atom is -0.497 e. The van der Waals surface area contributed by atoms with E-state index in [1.807, 2.05) is 0 Å². The average Bonchev–Trinajstić information content (AvgIpc) is 3.25. The molecule has 3 fully saturated rings. The molecule has 2 saturated carbocycles. The Hall–Kier alpha value is -1.89. The summed E-state index contributed by atoms with van der Waals surface area (Å²) >= 11 is 3.57. The first-order valence-corrected chi connectivity index (χ1v) is 9.57. The number of rotatable bonds is 5. The van der Waals surface area contributed by atoms with Gasteiger partial charge in [0.25, 0.3) is 0 Å². The molecule has 1 aromatic rings. The van der Waals surface area contributed by atoms with Crippen molar-refractivity contribution in [1.82, 2.24) is 0 Å². The molecule has 1 aromatic carbocycles. The molecule has 0 N–H and O–H groups in total. The second-order valence-corrected chi connectivity index (χ2v) is 8.19. The molecule has 2 bridgehead atoms. The average molecular weight is 423 g/mol. The second kappa shape index (κ2) is 6.37. The minimum absolute atomic E-state index is 0.0113. The molecule has 1 saturated heterocycles. The summed E-state index contributed by atoms with van der Waals surface area (Å²) in [6, 6.07) is 6.64. The molecule has 2 aliphatic carbocycles. The highest BCUT2D eigenvalue weighted by molar-refractivity contribution is 9.09. The largest absolute Gasteiger partial charge is 0.497 e. The van der Waals surface area contributed by atoms with E-state index >= 15 is 0 Å². The van der Waals surface area contributed by atoms with Crippen molar-refractivity contribution >= 4 is 33.7 Å². The highest BCUT2D eigenvalue weighted by atomic mass is 79.9. The number of hydrogen-bond donors (Lipinski definition) is 0. The van der Waals surface area contributed by atoms with Crippen molar-refractivity contribution in [1.29, 1.82) is 0 Å². The van der Waals surface area contributed by atoms with Gasteiger partial charge in [-0.15, -0.1) is 0 Å². The van der Waals surface area contributed by atoms with Crippen LogP contribution in [-0.4, -0.2) is 41.9 Å². The van der Waals surface area contributed by atoms with E-state index in [1.54, 1.807) is 38.3 Å². The number of ketones is 1.